The van der Waals surface area contributed by atoms with Gasteiger partial charge < -0.3 is 4.74 Å². The average Bonchev–Trinajstić information content (AvgIpc) is 3.06. The van der Waals surface area contributed by atoms with E-state index in [0.717, 1.165) is 5.56 Å². The van der Waals surface area contributed by atoms with Gasteiger partial charge in [-0.2, -0.15) is 0 Å². The van der Waals surface area contributed by atoms with Crippen molar-refractivity contribution in [2.75, 3.05) is 4.90 Å². The van der Waals surface area contributed by atoms with Gasteiger partial charge in [0.05, 0.1) is 29.7 Å². The predicted molar refractivity (Wildman–Crippen MR) is 68.5 cm³/mol. The molecule has 0 unspecified atom stereocenters. The van der Waals surface area contributed by atoms with Gasteiger partial charge in [0, 0.05) is 0 Å². The van der Waals surface area contributed by atoms with Crippen LogP contribution in [0.5, 0.6) is 0 Å². The normalized spacial score (nSPS) is 35.3. The molecule has 2 fully saturated rings. The highest BCUT2D eigenvalue weighted by atomic mass is 16.5. The first-order valence-corrected chi connectivity index (χ1v) is 6.46. The van der Waals surface area contributed by atoms with Crippen LogP contribution >= 0.6 is 0 Å². The van der Waals surface area contributed by atoms with E-state index in [-0.39, 0.29) is 35.9 Å². The van der Waals surface area contributed by atoms with Gasteiger partial charge in [-0.1, -0.05) is 30.4 Å². The molecule has 96 valence electrons. The minimum absolute atomic E-state index is 0.124. The number of benzene rings is 1. The second-order valence-electron chi connectivity index (χ2n) is 5.30. The Labute approximate surface area is 110 Å². The molecule has 19 heavy (non-hydrogen) atoms. The molecule has 0 spiro atoms. The first-order chi connectivity index (χ1) is 9.18. The van der Waals surface area contributed by atoms with E-state index < -0.39 is 0 Å². The van der Waals surface area contributed by atoms with E-state index in [9.17, 15) is 9.59 Å². The maximum Gasteiger partial charge on any atom is 0.240 e. The highest BCUT2D eigenvalue weighted by Gasteiger charge is 2.61. The summed E-state index contributed by atoms with van der Waals surface area (Å²) in [7, 11) is 0. The summed E-state index contributed by atoms with van der Waals surface area (Å²) >= 11 is 0. The zero-order chi connectivity index (χ0) is 13.1. The van der Waals surface area contributed by atoms with E-state index in [4.69, 9.17) is 4.74 Å². The number of rotatable bonds is 1. The monoisotopic (exact) mass is 255 g/mol. The number of para-hydroxylation sites is 1. The van der Waals surface area contributed by atoms with E-state index in [1.165, 1.54) is 4.90 Å². The molecule has 0 N–H and O–H groups in total. The number of hydrogen-bond acceptors (Lipinski definition) is 3. The summed E-state index contributed by atoms with van der Waals surface area (Å²) in [6, 6.07) is 7.48. The Morgan fingerprint density at radius 1 is 1.00 bits per heavy atom. The highest BCUT2D eigenvalue weighted by molar-refractivity contribution is 6.23. The fraction of sp³-hybridized carbons (Fsp3) is 0.333. The highest BCUT2D eigenvalue weighted by Crippen LogP contribution is 2.46. The number of hydrogen-bond donors (Lipinski definition) is 0. The Morgan fingerprint density at radius 2 is 1.58 bits per heavy atom. The van der Waals surface area contributed by atoms with Crippen LogP contribution in [-0.4, -0.2) is 24.0 Å². The van der Waals surface area contributed by atoms with Crippen LogP contribution in [0, 0.1) is 18.8 Å². The summed E-state index contributed by atoms with van der Waals surface area (Å²) in [5.41, 5.74) is 1.64. The number of carbonyl (C=O) groups excluding carboxylic acids is 2. The van der Waals surface area contributed by atoms with Crippen LogP contribution in [-0.2, 0) is 14.3 Å². The van der Waals surface area contributed by atoms with Crippen LogP contribution in [0.4, 0.5) is 5.69 Å². The molecule has 1 aromatic carbocycles. The molecule has 0 aliphatic carbocycles. The van der Waals surface area contributed by atoms with Crippen molar-refractivity contribution in [3.05, 3.63) is 42.0 Å². The number of anilines is 1. The summed E-state index contributed by atoms with van der Waals surface area (Å²) in [6.45, 7) is 1.91. The van der Waals surface area contributed by atoms with Gasteiger partial charge in [-0.05, 0) is 18.6 Å². The lowest BCUT2D eigenvalue weighted by Crippen LogP contribution is -2.34. The zero-order valence-corrected chi connectivity index (χ0v) is 10.4. The molecule has 3 aliphatic heterocycles. The fourth-order valence-electron chi connectivity index (χ4n) is 3.36. The van der Waals surface area contributed by atoms with E-state index in [1.807, 2.05) is 43.3 Å². The van der Waals surface area contributed by atoms with Crippen molar-refractivity contribution in [3.63, 3.8) is 0 Å². The molecule has 4 rings (SSSR count). The number of ether oxygens (including phenoxy) is 1. The largest absolute Gasteiger partial charge is 0.365 e. The molecule has 2 amide bonds. The third-order valence-electron chi connectivity index (χ3n) is 4.27. The van der Waals surface area contributed by atoms with Gasteiger partial charge in [-0.15, -0.1) is 0 Å². The van der Waals surface area contributed by atoms with Crippen molar-refractivity contribution in [3.8, 4) is 0 Å². The Morgan fingerprint density at radius 3 is 2.16 bits per heavy atom. The number of nitrogens with zero attached hydrogens (tertiary/aromatic N) is 1. The molecule has 0 saturated carbocycles. The van der Waals surface area contributed by atoms with Gasteiger partial charge in [0.1, 0.15) is 0 Å². The predicted octanol–water partition coefficient (Wildman–Crippen LogP) is 1.44. The Bertz CT molecular complexity index is 592. The summed E-state index contributed by atoms with van der Waals surface area (Å²) in [5.74, 6) is -0.911. The van der Waals surface area contributed by atoms with E-state index >= 15 is 0 Å². The molecular formula is C15H13NO3. The van der Waals surface area contributed by atoms with E-state index in [2.05, 4.69) is 0 Å². The molecule has 2 bridgehead atoms. The van der Waals surface area contributed by atoms with Gasteiger partial charge in [-0.3, -0.25) is 9.59 Å². The van der Waals surface area contributed by atoms with Crippen LogP contribution in [0.15, 0.2) is 36.4 Å². The second-order valence-corrected chi connectivity index (χ2v) is 5.30. The Hall–Kier alpha value is -1.94. The van der Waals surface area contributed by atoms with Crippen molar-refractivity contribution in [2.45, 2.75) is 19.1 Å². The average molecular weight is 255 g/mol. The molecule has 0 radical (unpaired) electrons. The molecule has 3 aliphatic rings. The summed E-state index contributed by atoms with van der Waals surface area (Å²) in [5, 5.41) is 0. The zero-order valence-electron chi connectivity index (χ0n) is 10.4. The van der Waals surface area contributed by atoms with Gasteiger partial charge >= 0.3 is 0 Å². The maximum atomic E-state index is 12.5. The van der Waals surface area contributed by atoms with Crippen LogP contribution in [0.3, 0.4) is 0 Å². The molecule has 4 nitrogen and oxygen atoms in total. The van der Waals surface area contributed by atoms with Crippen LogP contribution in [0.1, 0.15) is 5.56 Å². The number of fused-ring (bicyclic) bond motifs is 5. The third kappa shape index (κ3) is 1.27. The fourth-order valence-corrected chi connectivity index (χ4v) is 3.36. The van der Waals surface area contributed by atoms with Crippen molar-refractivity contribution in [1.82, 2.24) is 0 Å². The molecule has 4 heteroatoms. The second kappa shape index (κ2) is 3.54. The molecule has 1 aromatic rings. The lowest BCUT2D eigenvalue weighted by molar-refractivity contribution is -0.124. The lowest BCUT2D eigenvalue weighted by Gasteiger charge is -2.19. The number of aryl methyl sites for hydroxylation is 1. The quantitative estimate of drug-likeness (QED) is 0.563. The summed E-state index contributed by atoms with van der Waals surface area (Å²) in [6.07, 6.45) is 3.36. The van der Waals surface area contributed by atoms with Crippen LogP contribution < -0.4 is 4.90 Å². The van der Waals surface area contributed by atoms with Crippen molar-refractivity contribution >= 4 is 17.5 Å². The molecular weight excluding hydrogens is 242 g/mol. The van der Waals surface area contributed by atoms with Gasteiger partial charge in [0.2, 0.25) is 11.8 Å². The standard InChI is InChI=1S/C15H13NO3/c1-8-4-2-3-5-9(8)16-14(17)12-10-6-7-11(19-10)13(12)15(16)18/h2-7,10-13H,1H3/t10-,11-,12-,13+/m1/s1. The van der Waals surface area contributed by atoms with Gasteiger partial charge in [0.25, 0.3) is 0 Å². The topological polar surface area (TPSA) is 46.6 Å². The van der Waals surface area contributed by atoms with Crippen molar-refractivity contribution < 1.29 is 14.3 Å². The SMILES string of the molecule is Cc1ccccc1N1C(=O)[C@@H]2[C@H](C1=O)[C@H]1C=C[C@H]2O1. The lowest BCUT2D eigenvalue weighted by atomic mass is 9.85. The van der Waals surface area contributed by atoms with Crippen molar-refractivity contribution in [1.29, 1.82) is 0 Å². The van der Waals surface area contributed by atoms with Crippen LogP contribution in [0.25, 0.3) is 0 Å². The van der Waals surface area contributed by atoms with E-state index in [1.54, 1.807) is 0 Å². The number of imide groups is 1. The van der Waals surface area contributed by atoms with Crippen molar-refractivity contribution in [2.24, 2.45) is 11.8 Å². The Kier molecular flexibility index (Phi) is 2.04. The summed E-state index contributed by atoms with van der Waals surface area (Å²) in [4.78, 5) is 26.4. The van der Waals surface area contributed by atoms with Gasteiger partial charge in [0.15, 0.2) is 0 Å². The molecule has 3 heterocycles. The third-order valence-corrected chi connectivity index (χ3v) is 4.27. The first-order valence-electron chi connectivity index (χ1n) is 6.46. The number of carbonyl (C=O) groups is 2. The smallest absolute Gasteiger partial charge is 0.240 e. The van der Waals surface area contributed by atoms with E-state index in [0.29, 0.717) is 5.69 Å². The molecule has 0 aromatic heterocycles. The minimum atomic E-state index is -0.331. The summed E-state index contributed by atoms with van der Waals surface area (Å²) < 4.78 is 5.62. The molecule has 4 atom stereocenters. The maximum absolute atomic E-state index is 12.5. The number of amides is 2. The minimum Gasteiger partial charge on any atom is -0.365 e. The Balaban J connectivity index is 1.79. The van der Waals surface area contributed by atoms with Gasteiger partial charge in [-0.25, -0.2) is 4.90 Å². The van der Waals surface area contributed by atoms with Crippen LogP contribution in [0.2, 0.25) is 0 Å². The molecule has 2 saturated heterocycles. The first kappa shape index (κ1) is 10.9.